The maximum Gasteiger partial charge on any atom is 0.271 e. The van der Waals surface area contributed by atoms with E-state index in [2.05, 4.69) is 25.4 Å². The highest BCUT2D eigenvalue weighted by Crippen LogP contribution is 2.33. The first-order valence-corrected chi connectivity index (χ1v) is 14.2. The van der Waals surface area contributed by atoms with Gasteiger partial charge in [-0.3, -0.25) is 15.1 Å². The van der Waals surface area contributed by atoms with Crippen LogP contribution in [0.3, 0.4) is 0 Å². The molecule has 1 aliphatic rings. The minimum absolute atomic E-state index is 0.227. The average Bonchev–Trinajstić information content (AvgIpc) is 3.73. The fraction of sp³-hybridized carbons (Fsp3) is 0.129. The van der Waals surface area contributed by atoms with Crippen molar-refractivity contribution in [1.82, 2.24) is 35.1 Å². The molecule has 0 radical (unpaired) electrons. The van der Waals surface area contributed by atoms with Gasteiger partial charge in [-0.15, -0.1) is 11.3 Å². The van der Waals surface area contributed by atoms with Gasteiger partial charge in [0.1, 0.15) is 12.2 Å². The molecule has 4 heterocycles. The summed E-state index contributed by atoms with van der Waals surface area (Å²) in [6, 6.07) is 27.6. The number of hydrogen-bond acceptors (Lipinski definition) is 8. The van der Waals surface area contributed by atoms with Crippen molar-refractivity contribution < 1.29 is 4.79 Å². The monoisotopic (exact) mass is 558 g/mol. The lowest BCUT2D eigenvalue weighted by molar-refractivity contribution is 0.0952. The molecule has 0 saturated heterocycles. The van der Waals surface area contributed by atoms with E-state index in [4.69, 9.17) is 4.98 Å². The summed E-state index contributed by atoms with van der Waals surface area (Å²) in [6.45, 7) is 2.69. The molecule has 0 unspecified atom stereocenters. The Morgan fingerprint density at radius 2 is 1.71 bits per heavy atom. The maximum absolute atomic E-state index is 14.5. The van der Waals surface area contributed by atoms with Crippen molar-refractivity contribution in [2.75, 3.05) is 11.6 Å². The van der Waals surface area contributed by atoms with E-state index < -0.39 is 0 Å². The molecule has 0 bridgehead atoms. The molecule has 10 heteroatoms. The molecule has 6 aromatic rings. The quantitative estimate of drug-likeness (QED) is 0.261. The number of hydrazine groups is 1. The van der Waals surface area contributed by atoms with Crippen molar-refractivity contribution in [2.24, 2.45) is 0 Å². The molecular weight excluding hydrogens is 532 g/mol. The summed E-state index contributed by atoms with van der Waals surface area (Å²) >= 11 is 1.46. The van der Waals surface area contributed by atoms with Gasteiger partial charge in [0.05, 0.1) is 35.6 Å². The number of fused-ring (bicyclic) bond motifs is 2. The fourth-order valence-electron chi connectivity index (χ4n) is 5.25. The van der Waals surface area contributed by atoms with Gasteiger partial charge in [0.2, 0.25) is 5.13 Å². The van der Waals surface area contributed by atoms with Crippen LogP contribution < -0.4 is 10.4 Å². The molecule has 3 aromatic carbocycles. The molecule has 9 nitrogen and oxygen atoms in total. The predicted octanol–water partition coefficient (Wildman–Crippen LogP) is 5.45. The number of nitrogens with zero attached hydrogens (tertiary/aromatic N) is 7. The molecule has 41 heavy (non-hydrogen) atoms. The molecule has 1 N–H and O–H groups in total. The van der Waals surface area contributed by atoms with Gasteiger partial charge in [-0.05, 0) is 18.2 Å². The summed E-state index contributed by atoms with van der Waals surface area (Å²) in [5, 5.41) is 9.44. The lowest BCUT2D eigenvalue weighted by atomic mass is 9.95. The Kier molecular flexibility index (Phi) is 6.67. The normalized spacial score (nSPS) is 13.2. The first kappa shape index (κ1) is 25.1. The summed E-state index contributed by atoms with van der Waals surface area (Å²) in [7, 11) is 0. The smallest absolute Gasteiger partial charge is 0.271 e. The van der Waals surface area contributed by atoms with E-state index >= 15 is 0 Å². The van der Waals surface area contributed by atoms with Crippen LogP contribution in [0.15, 0.2) is 103 Å². The Bertz CT molecular complexity index is 1800. The van der Waals surface area contributed by atoms with Crippen LogP contribution in [-0.2, 0) is 19.6 Å². The van der Waals surface area contributed by atoms with Crippen LogP contribution in [0.5, 0.6) is 0 Å². The first-order chi connectivity index (χ1) is 20.2. The second-order valence-electron chi connectivity index (χ2n) is 9.73. The number of carbonyl (C=O) groups excluding carboxylic acids is 1. The van der Waals surface area contributed by atoms with E-state index in [1.165, 1.54) is 11.3 Å². The molecule has 0 atom stereocenters. The third kappa shape index (κ3) is 4.94. The Labute approximate surface area is 240 Å². The second kappa shape index (κ2) is 10.9. The molecule has 0 aliphatic carbocycles. The largest absolute Gasteiger partial charge is 0.290 e. The Morgan fingerprint density at radius 1 is 0.927 bits per heavy atom. The van der Waals surface area contributed by atoms with Crippen LogP contribution >= 0.6 is 11.3 Å². The van der Waals surface area contributed by atoms with Crippen LogP contribution in [0, 0.1) is 0 Å². The molecule has 0 saturated carbocycles. The molecule has 7 rings (SSSR count). The number of rotatable bonds is 7. The molecule has 0 fully saturated rings. The molecule has 1 aliphatic heterocycles. The SMILES string of the molecule is O=C(NN(c1ccccc1)c1nccs1)c1c(CN2CCn3ncnc3C2)c(-c2ccccc2)nc2ccccc12. The van der Waals surface area contributed by atoms with Gasteiger partial charge in [0.15, 0.2) is 0 Å². The number of para-hydroxylation sites is 2. The van der Waals surface area contributed by atoms with Gasteiger partial charge in [-0.1, -0.05) is 66.7 Å². The van der Waals surface area contributed by atoms with Crippen LogP contribution in [0.2, 0.25) is 0 Å². The number of aromatic nitrogens is 5. The van der Waals surface area contributed by atoms with Crippen molar-refractivity contribution in [1.29, 1.82) is 0 Å². The third-order valence-corrected chi connectivity index (χ3v) is 7.93. The van der Waals surface area contributed by atoms with E-state index in [1.807, 2.05) is 95.0 Å². The van der Waals surface area contributed by atoms with Gasteiger partial charge >= 0.3 is 0 Å². The molecule has 0 spiro atoms. The highest BCUT2D eigenvalue weighted by atomic mass is 32.1. The zero-order valence-electron chi connectivity index (χ0n) is 22.1. The second-order valence-corrected chi connectivity index (χ2v) is 10.6. The summed E-state index contributed by atoms with van der Waals surface area (Å²) in [5.41, 5.74) is 7.98. The van der Waals surface area contributed by atoms with Crippen molar-refractivity contribution in [2.45, 2.75) is 19.6 Å². The number of hydrogen-bond donors (Lipinski definition) is 1. The number of carbonyl (C=O) groups is 1. The zero-order chi connectivity index (χ0) is 27.6. The Balaban J connectivity index is 1.37. The number of anilines is 2. The summed E-state index contributed by atoms with van der Waals surface area (Å²) < 4.78 is 1.94. The first-order valence-electron chi connectivity index (χ1n) is 13.4. The number of benzene rings is 3. The Morgan fingerprint density at radius 3 is 2.51 bits per heavy atom. The molecule has 3 aromatic heterocycles. The number of pyridine rings is 1. The van der Waals surface area contributed by atoms with Crippen molar-refractivity contribution in [3.63, 3.8) is 0 Å². The lowest BCUT2D eigenvalue weighted by Gasteiger charge is -2.29. The minimum Gasteiger partial charge on any atom is -0.290 e. The van der Waals surface area contributed by atoms with Gasteiger partial charge in [0, 0.05) is 41.2 Å². The van der Waals surface area contributed by atoms with Crippen molar-refractivity contribution in [3.8, 4) is 11.3 Å². The van der Waals surface area contributed by atoms with Crippen molar-refractivity contribution in [3.05, 3.63) is 120 Å². The number of nitrogens with one attached hydrogen (secondary N) is 1. The Hall–Kier alpha value is -4.93. The lowest BCUT2D eigenvalue weighted by Crippen LogP contribution is -2.40. The molecular formula is C31H26N8OS. The predicted molar refractivity (Wildman–Crippen MR) is 159 cm³/mol. The van der Waals surface area contributed by atoms with Gasteiger partial charge in [0.25, 0.3) is 5.91 Å². The van der Waals surface area contributed by atoms with Crippen molar-refractivity contribution >= 4 is 39.0 Å². The van der Waals surface area contributed by atoms with Crippen LogP contribution in [0.1, 0.15) is 21.7 Å². The van der Waals surface area contributed by atoms with Crippen LogP contribution in [0.25, 0.3) is 22.2 Å². The molecule has 202 valence electrons. The van der Waals surface area contributed by atoms with E-state index in [1.54, 1.807) is 17.5 Å². The van der Waals surface area contributed by atoms with E-state index in [0.29, 0.717) is 23.8 Å². The summed E-state index contributed by atoms with van der Waals surface area (Å²) in [4.78, 5) is 30.8. The van der Waals surface area contributed by atoms with Crippen LogP contribution in [0.4, 0.5) is 10.8 Å². The van der Waals surface area contributed by atoms with E-state index in [-0.39, 0.29) is 5.91 Å². The highest BCUT2D eigenvalue weighted by molar-refractivity contribution is 7.13. The number of amides is 1. The summed E-state index contributed by atoms with van der Waals surface area (Å²) in [6.07, 6.45) is 3.33. The highest BCUT2D eigenvalue weighted by Gasteiger charge is 2.27. The topological polar surface area (TPSA) is 92.1 Å². The maximum atomic E-state index is 14.5. The summed E-state index contributed by atoms with van der Waals surface area (Å²) in [5.74, 6) is 0.686. The van der Waals surface area contributed by atoms with E-state index in [0.717, 1.165) is 52.3 Å². The standard InChI is InChI=1S/C31H26N8OS/c40-30(36-39(31-32-15-18-41-31)23-11-5-2-6-12-23)28-24-13-7-8-14-26(24)35-29(22-9-3-1-4-10-22)25(28)19-37-16-17-38-27(20-37)33-21-34-38/h1-15,18,21H,16-17,19-20H2,(H,36,40). The van der Waals surface area contributed by atoms with E-state index in [9.17, 15) is 4.79 Å². The fourth-order valence-corrected chi connectivity index (χ4v) is 5.88. The number of thiazole rings is 1. The molecule has 1 amide bonds. The van der Waals surface area contributed by atoms with Crippen LogP contribution in [-0.4, -0.2) is 42.1 Å². The van der Waals surface area contributed by atoms with Gasteiger partial charge < -0.3 is 0 Å². The van der Waals surface area contributed by atoms with Gasteiger partial charge in [-0.25, -0.2) is 24.6 Å². The minimum atomic E-state index is -0.227. The zero-order valence-corrected chi connectivity index (χ0v) is 22.9. The average molecular weight is 559 g/mol. The van der Waals surface area contributed by atoms with Gasteiger partial charge in [-0.2, -0.15) is 5.10 Å². The third-order valence-electron chi connectivity index (χ3n) is 7.18.